The summed E-state index contributed by atoms with van der Waals surface area (Å²) in [5.41, 5.74) is 0.394. The van der Waals surface area contributed by atoms with Crippen LogP contribution < -0.4 is 5.32 Å². The molecule has 0 aromatic carbocycles. The van der Waals surface area contributed by atoms with Crippen LogP contribution in [0.2, 0.25) is 0 Å². The van der Waals surface area contributed by atoms with E-state index in [2.05, 4.69) is 44.8 Å². The van der Waals surface area contributed by atoms with Gasteiger partial charge in [0.15, 0.2) is 0 Å². The van der Waals surface area contributed by atoms with Crippen molar-refractivity contribution in [2.24, 2.45) is 11.3 Å². The maximum Gasteiger partial charge on any atom is 0.00448 e. The molecule has 0 saturated carbocycles. The Labute approximate surface area is 102 Å². The van der Waals surface area contributed by atoms with Gasteiger partial charge in [-0.1, -0.05) is 34.6 Å². The maximum atomic E-state index is 3.56. The summed E-state index contributed by atoms with van der Waals surface area (Å²) in [5.74, 6) is 0.938. The van der Waals surface area contributed by atoms with E-state index in [-0.39, 0.29) is 0 Å². The summed E-state index contributed by atoms with van der Waals surface area (Å²) in [6.07, 6.45) is 2.77. The first-order chi connectivity index (χ1) is 7.39. The van der Waals surface area contributed by atoms with Crippen LogP contribution in [0.4, 0.5) is 0 Å². The molecule has 16 heavy (non-hydrogen) atoms. The Kier molecular flexibility index (Phi) is 5.26. The number of piperidine rings is 1. The van der Waals surface area contributed by atoms with Gasteiger partial charge in [-0.3, -0.25) is 0 Å². The predicted octanol–water partition coefficient (Wildman–Crippen LogP) is 2.74. The van der Waals surface area contributed by atoms with Gasteiger partial charge >= 0.3 is 0 Å². The number of nitrogens with zero attached hydrogens (tertiary/aromatic N) is 1. The fraction of sp³-hybridized carbons (Fsp3) is 1.00. The number of nitrogens with one attached hydrogen (secondary N) is 1. The first kappa shape index (κ1) is 14.0. The summed E-state index contributed by atoms with van der Waals surface area (Å²) >= 11 is 0. The minimum Gasteiger partial charge on any atom is -0.314 e. The Balaban J connectivity index is 2.28. The van der Waals surface area contributed by atoms with Crippen molar-refractivity contribution in [1.29, 1.82) is 0 Å². The van der Waals surface area contributed by atoms with Gasteiger partial charge in [0, 0.05) is 19.1 Å². The minimum atomic E-state index is 0.394. The molecular formula is C14H30N2. The highest BCUT2D eigenvalue weighted by Gasteiger charge is 2.24. The van der Waals surface area contributed by atoms with Crippen LogP contribution in [0.15, 0.2) is 0 Å². The molecule has 1 saturated heterocycles. The Bertz CT molecular complexity index is 191. The topological polar surface area (TPSA) is 15.3 Å². The van der Waals surface area contributed by atoms with E-state index >= 15 is 0 Å². The second-order valence-electron chi connectivity index (χ2n) is 6.66. The zero-order valence-corrected chi connectivity index (χ0v) is 11.8. The van der Waals surface area contributed by atoms with Crippen molar-refractivity contribution in [2.75, 3.05) is 26.2 Å². The molecule has 2 nitrogen and oxygen atoms in total. The molecule has 1 heterocycles. The number of hydrogen-bond acceptors (Lipinski definition) is 2. The van der Waals surface area contributed by atoms with E-state index in [4.69, 9.17) is 0 Å². The smallest absolute Gasteiger partial charge is 0.00448 e. The van der Waals surface area contributed by atoms with Crippen LogP contribution in [0.5, 0.6) is 0 Å². The van der Waals surface area contributed by atoms with E-state index < -0.39 is 0 Å². The zero-order chi connectivity index (χ0) is 12.2. The fourth-order valence-electron chi connectivity index (χ4n) is 2.36. The quantitative estimate of drug-likeness (QED) is 0.775. The molecule has 1 N–H and O–H groups in total. The molecule has 0 radical (unpaired) electrons. The molecule has 1 aliphatic heterocycles. The highest BCUT2D eigenvalue weighted by molar-refractivity contribution is 4.79. The highest BCUT2D eigenvalue weighted by Crippen LogP contribution is 2.21. The third-order valence-corrected chi connectivity index (χ3v) is 3.52. The number of likely N-dealkylation sites (tertiary alicyclic amines) is 1. The van der Waals surface area contributed by atoms with Gasteiger partial charge in [-0.2, -0.15) is 0 Å². The van der Waals surface area contributed by atoms with Crippen molar-refractivity contribution in [3.8, 4) is 0 Å². The summed E-state index contributed by atoms with van der Waals surface area (Å²) in [5, 5.41) is 3.56. The maximum absolute atomic E-state index is 3.56. The van der Waals surface area contributed by atoms with E-state index in [1.165, 1.54) is 32.5 Å². The lowest BCUT2D eigenvalue weighted by Gasteiger charge is -2.37. The SMILES string of the molecule is CC1CCN(CC(C)(C)CNC(C)C)CC1. The molecule has 1 aliphatic rings. The number of hydrogen-bond donors (Lipinski definition) is 1. The zero-order valence-electron chi connectivity index (χ0n) is 11.8. The third kappa shape index (κ3) is 5.31. The van der Waals surface area contributed by atoms with Crippen LogP contribution in [0.3, 0.4) is 0 Å². The summed E-state index contributed by atoms with van der Waals surface area (Å²) in [7, 11) is 0. The molecule has 0 atom stereocenters. The first-order valence-electron chi connectivity index (χ1n) is 6.85. The monoisotopic (exact) mass is 226 g/mol. The van der Waals surface area contributed by atoms with Crippen LogP contribution in [0.25, 0.3) is 0 Å². The predicted molar refractivity (Wildman–Crippen MR) is 71.8 cm³/mol. The molecular weight excluding hydrogens is 196 g/mol. The van der Waals surface area contributed by atoms with E-state index in [0.29, 0.717) is 11.5 Å². The fourth-order valence-corrected chi connectivity index (χ4v) is 2.36. The largest absolute Gasteiger partial charge is 0.314 e. The lowest BCUT2D eigenvalue weighted by molar-refractivity contribution is 0.130. The van der Waals surface area contributed by atoms with Crippen LogP contribution in [-0.2, 0) is 0 Å². The number of rotatable bonds is 5. The van der Waals surface area contributed by atoms with Gasteiger partial charge in [-0.05, 0) is 37.3 Å². The molecule has 1 rings (SSSR count). The van der Waals surface area contributed by atoms with Gasteiger partial charge in [-0.15, -0.1) is 0 Å². The summed E-state index contributed by atoms with van der Waals surface area (Å²) in [4.78, 5) is 2.64. The Morgan fingerprint density at radius 1 is 1.25 bits per heavy atom. The Hall–Kier alpha value is -0.0800. The normalized spacial score (nSPS) is 20.6. The van der Waals surface area contributed by atoms with Crippen LogP contribution in [0, 0.1) is 11.3 Å². The van der Waals surface area contributed by atoms with Crippen LogP contribution in [-0.4, -0.2) is 37.1 Å². The van der Waals surface area contributed by atoms with E-state index in [1.54, 1.807) is 0 Å². The van der Waals surface area contributed by atoms with E-state index in [9.17, 15) is 0 Å². The molecule has 2 heteroatoms. The molecule has 1 fully saturated rings. The summed E-state index contributed by atoms with van der Waals surface area (Å²) in [6, 6.07) is 0.598. The van der Waals surface area contributed by atoms with Gasteiger partial charge in [0.25, 0.3) is 0 Å². The van der Waals surface area contributed by atoms with Gasteiger partial charge in [0.2, 0.25) is 0 Å². The van der Waals surface area contributed by atoms with Crippen molar-refractivity contribution in [3.63, 3.8) is 0 Å². The van der Waals surface area contributed by atoms with Crippen LogP contribution >= 0.6 is 0 Å². The molecule has 0 aromatic heterocycles. The van der Waals surface area contributed by atoms with Gasteiger partial charge in [0.1, 0.15) is 0 Å². The standard InChI is InChI=1S/C14H30N2/c1-12(2)15-10-14(4,5)11-16-8-6-13(3)7-9-16/h12-13,15H,6-11H2,1-5H3. The van der Waals surface area contributed by atoms with Crippen molar-refractivity contribution < 1.29 is 0 Å². The van der Waals surface area contributed by atoms with E-state index in [0.717, 1.165) is 12.5 Å². The second kappa shape index (κ2) is 6.02. The van der Waals surface area contributed by atoms with Gasteiger partial charge < -0.3 is 10.2 Å². The Morgan fingerprint density at radius 2 is 1.81 bits per heavy atom. The van der Waals surface area contributed by atoms with Gasteiger partial charge in [-0.25, -0.2) is 0 Å². The van der Waals surface area contributed by atoms with Crippen molar-refractivity contribution in [1.82, 2.24) is 10.2 Å². The van der Waals surface area contributed by atoms with Crippen molar-refractivity contribution >= 4 is 0 Å². The molecule has 0 spiro atoms. The minimum absolute atomic E-state index is 0.394. The molecule has 96 valence electrons. The molecule has 0 bridgehead atoms. The van der Waals surface area contributed by atoms with Crippen LogP contribution in [0.1, 0.15) is 47.5 Å². The first-order valence-corrected chi connectivity index (χ1v) is 6.85. The third-order valence-electron chi connectivity index (χ3n) is 3.52. The average molecular weight is 226 g/mol. The second-order valence-corrected chi connectivity index (χ2v) is 6.66. The average Bonchev–Trinajstić information content (AvgIpc) is 2.19. The highest BCUT2D eigenvalue weighted by atomic mass is 15.1. The van der Waals surface area contributed by atoms with Gasteiger partial charge in [0.05, 0.1) is 0 Å². The Morgan fingerprint density at radius 3 is 2.31 bits per heavy atom. The molecule has 0 aromatic rings. The molecule has 0 amide bonds. The van der Waals surface area contributed by atoms with Crippen molar-refractivity contribution in [3.05, 3.63) is 0 Å². The molecule has 0 unspecified atom stereocenters. The van der Waals surface area contributed by atoms with E-state index in [1.807, 2.05) is 0 Å². The summed E-state index contributed by atoms with van der Waals surface area (Å²) in [6.45, 7) is 16.5. The lowest BCUT2D eigenvalue weighted by Crippen LogP contribution is -2.44. The van der Waals surface area contributed by atoms with Crippen molar-refractivity contribution in [2.45, 2.75) is 53.5 Å². The summed E-state index contributed by atoms with van der Waals surface area (Å²) < 4.78 is 0. The molecule has 0 aliphatic carbocycles. The lowest BCUT2D eigenvalue weighted by atomic mass is 9.90.